The maximum Gasteiger partial charge on any atom is 0.330 e. The predicted molar refractivity (Wildman–Crippen MR) is 91.5 cm³/mol. The number of carbonyl (C=O) groups is 2. The van der Waals surface area contributed by atoms with Crippen molar-refractivity contribution in [3.63, 3.8) is 0 Å². The normalized spacial score (nSPS) is 29.7. The molecule has 25 heavy (non-hydrogen) atoms. The lowest BCUT2D eigenvalue weighted by Gasteiger charge is -2.58. The molecule has 0 bridgehead atoms. The van der Waals surface area contributed by atoms with Crippen molar-refractivity contribution < 1.29 is 24.2 Å². The van der Waals surface area contributed by atoms with E-state index in [1.54, 1.807) is 0 Å². The first kappa shape index (κ1) is 17.7. The van der Waals surface area contributed by atoms with Crippen molar-refractivity contribution in [1.82, 2.24) is 5.32 Å². The Morgan fingerprint density at radius 3 is 2.72 bits per heavy atom. The monoisotopic (exact) mass is 347 g/mol. The maximum atomic E-state index is 12.8. The molecule has 0 radical (unpaired) electrons. The summed E-state index contributed by atoms with van der Waals surface area (Å²) in [6, 6.07) is 7.61. The number of benzene rings is 1. The summed E-state index contributed by atoms with van der Waals surface area (Å²) in [5.41, 5.74) is -1.02. The van der Waals surface area contributed by atoms with Gasteiger partial charge in [0, 0.05) is 18.4 Å². The van der Waals surface area contributed by atoms with Crippen LogP contribution in [0.2, 0.25) is 0 Å². The molecule has 1 aromatic rings. The molecule has 1 aliphatic heterocycles. The average molecular weight is 347 g/mol. The van der Waals surface area contributed by atoms with Crippen LogP contribution in [0.4, 0.5) is 0 Å². The zero-order valence-electron chi connectivity index (χ0n) is 14.9. The Kier molecular flexibility index (Phi) is 4.49. The summed E-state index contributed by atoms with van der Waals surface area (Å²) in [4.78, 5) is 24.8. The number of hydrogen-bond donors (Lipinski definition) is 2. The highest BCUT2D eigenvalue weighted by Crippen LogP contribution is 2.51. The number of carboxylic acid groups (broad SMARTS) is 1. The molecule has 0 aromatic heterocycles. The van der Waals surface area contributed by atoms with Crippen LogP contribution >= 0.6 is 0 Å². The lowest BCUT2D eigenvalue weighted by molar-refractivity contribution is -0.195. The van der Waals surface area contributed by atoms with Gasteiger partial charge in [-0.3, -0.25) is 4.79 Å². The highest BCUT2D eigenvalue weighted by molar-refractivity contribution is 5.90. The zero-order valence-corrected chi connectivity index (χ0v) is 14.9. The third-order valence-corrected chi connectivity index (χ3v) is 5.72. The van der Waals surface area contributed by atoms with E-state index in [-0.39, 0.29) is 25.0 Å². The molecule has 0 saturated heterocycles. The fourth-order valence-corrected chi connectivity index (χ4v) is 3.85. The van der Waals surface area contributed by atoms with E-state index in [2.05, 4.69) is 5.32 Å². The highest BCUT2D eigenvalue weighted by Gasteiger charge is 2.66. The molecular formula is C19H25NO5. The number of carbonyl (C=O) groups excluding carboxylic acids is 1. The van der Waals surface area contributed by atoms with Crippen molar-refractivity contribution in [2.75, 3.05) is 13.2 Å². The second-order valence-corrected chi connectivity index (χ2v) is 7.39. The van der Waals surface area contributed by atoms with Gasteiger partial charge in [0.05, 0.1) is 12.0 Å². The molecule has 1 heterocycles. The Labute approximate surface area is 147 Å². The molecular weight excluding hydrogens is 322 g/mol. The minimum atomic E-state index is -1.30. The molecule has 0 spiro atoms. The van der Waals surface area contributed by atoms with E-state index in [0.717, 1.165) is 11.3 Å². The predicted octanol–water partition coefficient (Wildman–Crippen LogP) is 2.01. The van der Waals surface area contributed by atoms with E-state index < -0.39 is 22.8 Å². The first-order valence-corrected chi connectivity index (χ1v) is 8.69. The van der Waals surface area contributed by atoms with E-state index in [9.17, 15) is 14.7 Å². The van der Waals surface area contributed by atoms with E-state index in [1.165, 1.54) is 0 Å². The van der Waals surface area contributed by atoms with E-state index in [0.29, 0.717) is 13.0 Å². The smallest absolute Gasteiger partial charge is 0.330 e. The molecule has 3 atom stereocenters. The lowest BCUT2D eigenvalue weighted by Crippen LogP contribution is -2.76. The van der Waals surface area contributed by atoms with Gasteiger partial charge in [-0.05, 0) is 25.0 Å². The van der Waals surface area contributed by atoms with Crippen molar-refractivity contribution in [3.05, 3.63) is 29.8 Å². The highest BCUT2D eigenvalue weighted by atomic mass is 16.5. The summed E-state index contributed by atoms with van der Waals surface area (Å²) in [6.45, 7) is 6.32. The van der Waals surface area contributed by atoms with Crippen molar-refractivity contribution in [1.29, 1.82) is 0 Å². The van der Waals surface area contributed by atoms with Crippen LogP contribution < -0.4 is 10.1 Å². The summed E-state index contributed by atoms with van der Waals surface area (Å²) in [6.07, 6.45) is 0.642. The van der Waals surface area contributed by atoms with Gasteiger partial charge in [0.25, 0.3) is 0 Å². The number of nitrogens with one attached hydrogen (secondary N) is 1. The fourth-order valence-electron chi connectivity index (χ4n) is 3.85. The van der Waals surface area contributed by atoms with Crippen molar-refractivity contribution in [2.24, 2.45) is 11.3 Å². The third-order valence-electron chi connectivity index (χ3n) is 5.72. The Bertz CT molecular complexity index is 686. The minimum absolute atomic E-state index is 0.183. The summed E-state index contributed by atoms with van der Waals surface area (Å²) in [5.74, 6) is -0.896. The van der Waals surface area contributed by atoms with Gasteiger partial charge in [0.1, 0.15) is 17.9 Å². The number of hydrogen-bond acceptors (Lipinski definition) is 4. The molecule has 0 unspecified atom stereocenters. The maximum absolute atomic E-state index is 12.8. The number of para-hydroxylation sites is 1. The number of carboxylic acids is 1. The molecule has 3 rings (SSSR count). The first-order valence-electron chi connectivity index (χ1n) is 8.69. The summed E-state index contributed by atoms with van der Waals surface area (Å²) < 4.78 is 11.3. The van der Waals surface area contributed by atoms with Gasteiger partial charge >= 0.3 is 5.97 Å². The lowest BCUT2D eigenvalue weighted by atomic mass is 9.54. The van der Waals surface area contributed by atoms with Crippen LogP contribution in [-0.4, -0.2) is 41.8 Å². The van der Waals surface area contributed by atoms with Gasteiger partial charge in [-0.2, -0.15) is 0 Å². The van der Waals surface area contributed by atoms with Gasteiger partial charge in [-0.1, -0.05) is 32.0 Å². The minimum Gasteiger partial charge on any atom is -0.492 e. The Hall–Kier alpha value is -2.08. The van der Waals surface area contributed by atoms with Crippen molar-refractivity contribution in [2.45, 2.75) is 45.3 Å². The van der Waals surface area contributed by atoms with Crippen molar-refractivity contribution >= 4 is 11.9 Å². The van der Waals surface area contributed by atoms with Crippen LogP contribution in [0.25, 0.3) is 0 Å². The number of fused-ring (bicyclic) bond motifs is 1. The topological polar surface area (TPSA) is 84.9 Å². The summed E-state index contributed by atoms with van der Waals surface area (Å²) in [7, 11) is 0. The third kappa shape index (κ3) is 2.78. The van der Waals surface area contributed by atoms with Crippen LogP contribution in [0.1, 0.15) is 32.8 Å². The SMILES string of the molecule is CCO[C@@H]1C[C@](NC(=O)[C@@H]2COc3ccccc3C2)(C(=O)O)C1(C)C. The first-order chi connectivity index (χ1) is 11.8. The van der Waals surface area contributed by atoms with Crippen LogP contribution in [0.5, 0.6) is 5.75 Å². The van der Waals surface area contributed by atoms with Crippen LogP contribution in [0.3, 0.4) is 0 Å². The van der Waals surface area contributed by atoms with Gasteiger partial charge in [0.2, 0.25) is 5.91 Å². The number of amides is 1. The van der Waals surface area contributed by atoms with Crippen molar-refractivity contribution in [3.8, 4) is 5.75 Å². The Balaban J connectivity index is 1.74. The molecule has 1 amide bonds. The molecule has 2 N–H and O–H groups in total. The molecule has 1 aliphatic carbocycles. The van der Waals surface area contributed by atoms with Crippen LogP contribution in [-0.2, 0) is 20.7 Å². The molecule has 136 valence electrons. The molecule has 6 heteroatoms. The van der Waals surface area contributed by atoms with Gasteiger partial charge in [0.15, 0.2) is 0 Å². The molecule has 2 aliphatic rings. The summed E-state index contributed by atoms with van der Waals surface area (Å²) in [5, 5.41) is 12.6. The molecule has 1 aromatic carbocycles. The van der Waals surface area contributed by atoms with Gasteiger partial charge in [-0.15, -0.1) is 0 Å². The fraction of sp³-hybridized carbons (Fsp3) is 0.579. The molecule has 6 nitrogen and oxygen atoms in total. The largest absolute Gasteiger partial charge is 0.492 e. The molecule has 1 saturated carbocycles. The second-order valence-electron chi connectivity index (χ2n) is 7.39. The molecule has 1 fully saturated rings. The zero-order chi connectivity index (χ0) is 18.2. The van der Waals surface area contributed by atoms with E-state index in [4.69, 9.17) is 9.47 Å². The number of ether oxygens (including phenoxy) is 2. The van der Waals surface area contributed by atoms with Gasteiger partial charge < -0.3 is 19.9 Å². The quantitative estimate of drug-likeness (QED) is 0.851. The van der Waals surface area contributed by atoms with Gasteiger partial charge in [-0.25, -0.2) is 4.79 Å². The summed E-state index contributed by atoms with van der Waals surface area (Å²) >= 11 is 0. The van der Waals surface area contributed by atoms with E-state index in [1.807, 2.05) is 45.0 Å². The van der Waals surface area contributed by atoms with Crippen LogP contribution in [0.15, 0.2) is 24.3 Å². The van der Waals surface area contributed by atoms with E-state index >= 15 is 0 Å². The number of aliphatic carboxylic acids is 1. The Morgan fingerprint density at radius 1 is 1.36 bits per heavy atom. The van der Waals surface area contributed by atoms with Crippen LogP contribution in [0, 0.1) is 11.3 Å². The second kappa shape index (κ2) is 6.33. The Morgan fingerprint density at radius 2 is 2.08 bits per heavy atom. The number of rotatable bonds is 5. The average Bonchev–Trinajstić information content (AvgIpc) is 2.59. The standard InChI is InChI=1S/C19H25NO5/c1-4-24-15-10-19(17(22)23,18(15,2)3)20-16(21)13-9-12-7-5-6-8-14(12)25-11-13/h5-8,13,15H,4,9-11H2,1-3H3,(H,20,21)(H,22,23)/t13-,15+,19-/m0/s1.